The Morgan fingerprint density at radius 2 is 1.30 bits per heavy atom. The van der Waals surface area contributed by atoms with Crippen LogP contribution in [0.3, 0.4) is 0 Å². The number of hydrogen-bond donors (Lipinski definition) is 5. The second-order valence-electron chi connectivity index (χ2n) is 6.03. The van der Waals surface area contributed by atoms with Crippen molar-refractivity contribution < 1.29 is 14.4 Å². The van der Waals surface area contributed by atoms with E-state index in [9.17, 15) is 14.4 Å². The molecule has 142 valence electrons. The van der Waals surface area contributed by atoms with Crippen LogP contribution in [0.4, 0.5) is 4.79 Å². The van der Waals surface area contributed by atoms with Gasteiger partial charge in [0.1, 0.15) is 6.04 Å². The number of benzene rings is 2. The molecule has 0 aliphatic rings. The van der Waals surface area contributed by atoms with Gasteiger partial charge < -0.3 is 16.8 Å². The lowest BCUT2D eigenvalue weighted by molar-refractivity contribution is -0.130. The number of nitrogens with one attached hydrogen (secondary N) is 3. The lowest BCUT2D eigenvalue weighted by atomic mass is 10.0. The zero-order chi connectivity index (χ0) is 19.6. The molecule has 4 amide bonds. The van der Waals surface area contributed by atoms with E-state index in [-0.39, 0.29) is 6.42 Å². The summed E-state index contributed by atoms with van der Waals surface area (Å²) in [5, 5.41) is 2.64. The molecular formula is C19H23N5O3. The highest BCUT2D eigenvalue weighted by Crippen LogP contribution is 2.05. The van der Waals surface area contributed by atoms with Crippen LogP contribution in [0.2, 0.25) is 0 Å². The highest BCUT2D eigenvalue weighted by molar-refractivity contribution is 5.90. The van der Waals surface area contributed by atoms with Gasteiger partial charge in [-0.1, -0.05) is 60.7 Å². The van der Waals surface area contributed by atoms with Crippen molar-refractivity contribution >= 4 is 17.8 Å². The third-order valence-electron chi connectivity index (χ3n) is 3.86. The quantitative estimate of drug-likeness (QED) is 0.438. The minimum absolute atomic E-state index is 0.233. The number of carbonyl (C=O) groups is 3. The van der Waals surface area contributed by atoms with E-state index in [1.54, 1.807) is 0 Å². The number of urea groups is 1. The maximum atomic E-state index is 12.5. The van der Waals surface area contributed by atoms with E-state index in [4.69, 9.17) is 11.5 Å². The molecule has 0 saturated carbocycles. The van der Waals surface area contributed by atoms with Crippen LogP contribution in [0.15, 0.2) is 60.7 Å². The first kappa shape index (κ1) is 19.9. The number of hydrogen-bond acceptors (Lipinski definition) is 4. The van der Waals surface area contributed by atoms with Crippen molar-refractivity contribution in [1.29, 1.82) is 0 Å². The molecule has 0 fully saturated rings. The van der Waals surface area contributed by atoms with Crippen molar-refractivity contribution in [2.24, 2.45) is 11.5 Å². The summed E-state index contributed by atoms with van der Waals surface area (Å²) < 4.78 is 0. The summed E-state index contributed by atoms with van der Waals surface area (Å²) in [6.07, 6.45) is 0.572. The van der Waals surface area contributed by atoms with Gasteiger partial charge in [-0.15, -0.1) is 0 Å². The summed E-state index contributed by atoms with van der Waals surface area (Å²) in [6.45, 7) is 0. The molecular weight excluding hydrogens is 346 g/mol. The first-order valence-electron chi connectivity index (χ1n) is 8.45. The molecule has 0 aromatic heterocycles. The number of primary amides is 1. The van der Waals surface area contributed by atoms with E-state index < -0.39 is 29.9 Å². The standard InChI is InChI=1S/C19H23N5O3/c20-15(11-13-7-3-1-4-8-13)17(25)22-16(18(26)23-24-19(21)27)12-14-9-5-2-6-10-14/h1-10,15-16H,11-12,20H2,(H,22,25)(H,23,26)(H3,21,24,27)/t15-,16-/m0/s1. The van der Waals surface area contributed by atoms with Crippen LogP contribution < -0.4 is 27.6 Å². The minimum Gasteiger partial charge on any atom is -0.350 e. The molecule has 27 heavy (non-hydrogen) atoms. The zero-order valence-corrected chi connectivity index (χ0v) is 14.7. The third kappa shape index (κ3) is 6.79. The van der Waals surface area contributed by atoms with Gasteiger partial charge in [-0.05, 0) is 17.5 Å². The number of rotatable bonds is 7. The van der Waals surface area contributed by atoms with Crippen molar-refractivity contribution in [1.82, 2.24) is 16.2 Å². The zero-order valence-electron chi connectivity index (χ0n) is 14.7. The Labute approximate surface area is 157 Å². The van der Waals surface area contributed by atoms with Crippen molar-refractivity contribution in [3.8, 4) is 0 Å². The summed E-state index contributed by atoms with van der Waals surface area (Å²) >= 11 is 0. The van der Waals surface area contributed by atoms with Crippen LogP contribution >= 0.6 is 0 Å². The van der Waals surface area contributed by atoms with Crippen LogP contribution in [-0.2, 0) is 22.4 Å². The van der Waals surface area contributed by atoms with Gasteiger partial charge in [-0.2, -0.15) is 0 Å². The molecule has 0 heterocycles. The van der Waals surface area contributed by atoms with Crippen LogP contribution in [-0.4, -0.2) is 29.9 Å². The molecule has 8 nitrogen and oxygen atoms in total. The first-order valence-corrected chi connectivity index (χ1v) is 8.45. The average molecular weight is 369 g/mol. The highest BCUT2D eigenvalue weighted by Gasteiger charge is 2.24. The molecule has 0 spiro atoms. The Bertz CT molecular complexity index is 767. The van der Waals surface area contributed by atoms with E-state index in [0.29, 0.717) is 6.42 Å². The van der Waals surface area contributed by atoms with Gasteiger partial charge in [0.15, 0.2) is 0 Å². The molecule has 0 radical (unpaired) electrons. The first-order chi connectivity index (χ1) is 13.0. The average Bonchev–Trinajstić information content (AvgIpc) is 2.67. The number of amides is 4. The van der Waals surface area contributed by atoms with Crippen LogP contribution in [0.25, 0.3) is 0 Å². The van der Waals surface area contributed by atoms with Gasteiger partial charge in [-0.25, -0.2) is 10.2 Å². The van der Waals surface area contributed by atoms with E-state index in [1.807, 2.05) is 66.1 Å². The summed E-state index contributed by atoms with van der Waals surface area (Å²) in [4.78, 5) is 35.6. The highest BCUT2D eigenvalue weighted by atomic mass is 16.2. The van der Waals surface area contributed by atoms with E-state index >= 15 is 0 Å². The second-order valence-corrected chi connectivity index (χ2v) is 6.03. The van der Waals surface area contributed by atoms with Gasteiger partial charge in [-0.3, -0.25) is 15.0 Å². The topological polar surface area (TPSA) is 139 Å². The Morgan fingerprint density at radius 3 is 1.81 bits per heavy atom. The fraction of sp³-hybridized carbons (Fsp3) is 0.211. The molecule has 2 atom stereocenters. The van der Waals surface area contributed by atoms with Gasteiger partial charge in [0.25, 0.3) is 5.91 Å². The van der Waals surface area contributed by atoms with Crippen molar-refractivity contribution in [3.05, 3.63) is 71.8 Å². The SMILES string of the molecule is NC(=O)NNC(=O)[C@H](Cc1ccccc1)NC(=O)[C@@H](N)Cc1ccccc1. The molecule has 2 aromatic rings. The lowest BCUT2D eigenvalue weighted by Crippen LogP contribution is -2.56. The number of hydrazine groups is 1. The minimum atomic E-state index is -0.923. The van der Waals surface area contributed by atoms with E-state index in [1.165, 1.54) is 0 Å². The lowest BCUT2D eigenvalue weighted by Gasteiger charge is -2.21. The largest absolute Gasteiger partial charge is 0.350 e. The van der Waals surface area contributed by atoms with Gasteiger partial charge in [0.05, 0.1) is 6.04 Å². The molecule has 2 rings (SSSR count). The molecule has 7 N–H and O–H groups in total. The normalized spacial score (nSPS) is 12.5. The smallest absolute Gasteiger partial charge is 0.330 e. The Hall–Kier alpha value is -3.39. The Morgan fingerprint density at radius 1 is 0.778 bits per heavy atom. The molecule has 0 aliphatic carbocycles. The van der Waals surface area contributed by atoms with Crippen molar-refractivity contribution in [2.45, 2.75) is 24.9 Å². The second kappa shape index (κ2) is 9.93. The predicted molar refractivity (Wildman–Crippen MR) is 101 cm³/mol. The molecule has 8 heteroatoms. The number of carbonyl (C=O) groups excluding carboxylic acids is 3. The van der Waals surface area contributed by atoms with Crippen LogP contribution in [0.5, 0.6) is 0 Å². The summed E-state index contributed by atoms with van der Waals surface area (Å²) in [5.74, 6) is -1.06. The summed E-state index contributed by atoms with van der Waals surface area (Å²) in [6, 6.07) is 15.9. The molecule has 0 saturated heterocycles. The van der Waals surface area contributed by atoms with Crippen LogP contribution in [0.1, 0.15) is 11.1 Å². The van der Waals surface area contributed by atoms with E-state index in [0.717, 1.165) is 11.1 Å². The molecule has 0 bridgehead atoms. The molecule has 0 aliphatic heterocycles. The van der Waals surface area contributed by atoms with Gasteiger partial charge in [0, 0.05) is 6.42 Å². The van der Waals surface area contributed by atoms with Crippen molar-refractivity contribution in [2.75, 3.05) is 0 Å². The Balaban J connectivity index is 2.03. The van der Waals surface area contributed by atoms with Gasteiger partial charge in [0.2, 0.25) is 5.91 Å². The maximum Gasteiger partial charge on any atom is 0.330 e. The van der Waals surface area contributed by atoms with Gasteiger partial charge >= 0.3 is 6.03 Å². The molecule has 2 aromatic carbocycles. The number of nitrogens with two attached hydrogens (primary N) is 2. The molecule has 0 unspecified atom stereocenters. The third-order valence-corrected chi connectivity index (χ3v) is 3.86. The monoisotopic (exact) mass is 369 g/mol. The summed E-state index contributed by atoms with van der Waals surface area (Å²) in [7, 11) is 0. The Kier molecular flexibility index (Phi) is 7.33. The van der Waals surface area contributed by atoms with Crippen LogP contribution in [0, 0.1) is 0 Å². The fourth-order valence-electron chi connectivity index (χ4n) is 2.51. The maximum absolute atomic E-state index is 12.5. The predicted octanol–water partition coefficient (Wildman–Crippen LogP) is -0.0166. The summed E-state index contributed by atoms with van der Waals surface area (Å²) in [5.41, 5.74) is 16.9. The fourth-order valence-corrected chi connectivity index (χ4v) is 2.51. The van der Waals surface area contributed by atoms with Crippen molar-refractivity contribution in [3.63, 3.8) is 0 Å². The van der Waals surface area contributed by atoms with E-state index in [2.05, 4.69) is 10.7 Å².